The Labute approximate surface area is 82.8 Å². The highest BCUT2D eigenvalue weighted by atomic mass is 19.3. The van der Waals surface area contributed by atoms with Crippen molar-refractivity contribution in [3.8, 4) is 0 Å². The Hall–Kier alpha value is -1.60. The van der Waals surface area contributed by atoms with E-state index in [2.05, 4.69) is 15.0 Å². The van der Waals surface area contributed by atoms with Crippen LogP contribution < -0.4 is 0 Å². The van der Waals surface area contributed by atoms with Crippen molar-refractivity contribution < 1.29 is 22.7 Å². The summed E-state index contributed by atoms with van der Waals surface area (Å²) in [6.07, 6.45) is -5.06. The molecule has 1 aromatic heterocycles. The monoisotopic (exact) mass is 223 g/mol. The van der Waals surface area contributed by atoms with Crippen LogP contribution in [0.25, 0.3) is 0 Å². The first-order valence-electron chi connectivity index (χ1n) is 4.07. The van der Waals surface area contributed by atoms with Crippen molar-refractivity contribution in [2.75, 3.05) is 6.61 Å². The zero-order chi connectivity index (χ0) is 11.4. The molecule has 0 aliphatic rings. The first kappa shape index (κ1) is 11.5. The van der Waals surface area contributed by atoms with Crippen LogP contribution in [0.5, 0.6) is 0 Å². The van der Waals surface area contributed by atoms with Gasteiger partial charge in [0.05, 0.1) is 12.8 Å². The van der Waals surface area contributed by atoms with Crippen LogP contribution in [0.3, 0.4) is 0 Å². The number of aromatic nitrogens is 3. The molecule has 0 aliphatic heterocycles. The van der Waals surface area contributed by atoms with Crippen molar-refractivity contribution in [1.82, 2.24) is 15.0 Å². The Bertz CT molecular complexity index is 342. The molecular weight excluding hydrogens is 215 g/mol. The Morgan fingerprint density at radius 2 is 2.27 bits per heavy atom. The van der Waals surface area contributed by atoms with Gasteiger partial charge in [0.25, 0.3) is 12.7 Å². The van der Waals surface area contributed by atoms with Gasteiger partial charge in [-0.2, -0.15) is 0 Å². The maximum absolute atomic E-state index is 12.7. The summed E-state index contributed by atoms with van der Waals surface area (Å²) in [5.74, 6) is -0.829. The number of carbonyl (C=O) groups is 1. The molecule has 0 saturated carbocycles. The number of hydrogen-bond acceptors (Lipinski definition) is 4. The molecule has 0 aliphatic carbocycles. The molecular formula is C7H8F3N3O2. The fraction of sp³-hybridized carbons (Fsp3) is 0.571. The first-order valence-corrected chi connectivity index (χ1v) is 4.07. The summed E-state index contributed by atoms with van der Waals surface area (Å²) in [5, 5.41) is 6.25. The van der Waals surface area contributed by atoms with Crippen LogP contribution in [-0.2, 0) is 4.74 Å². The third-order valence-corrected chi connectivity index (χ3v) is 1.46. The lowest BCUT2D eigenvalue weighted by Gasteiger charge is -2.04. The smallest absolute Gasteiger partial charge is 0.360 e. The van der Waals surface area contributed by atoms with E-state index in [1.54, 1.807) is 6.92 Å². The second-order valence-electron chi connectivity index (χ2n) is 2.51. The molecule has 0 N–H and O–H groups in total. The van der Waals surface area contributed by atoms with Gasteiger partial charge in [-0.25, -0.2) is 22.6 Å². The molecule has 0 aromatic carbocycles. The van der Waals surface area contributed by atoms with E-state index < -0.39 is 18.7 Å². The van der Waals surface area contributed by atoms with E-state index in [9.17, 15) is 18.0 Å². The van der Waals surface area contributed by atoms with E-state index in [1.165, 1.54) is 0 Å². The van der Waals surface area contributed by atoms with Crippen molar-refractivity contribution in [3.05, 3.63) is 11.9 Å². The Morgan fingerprint density at radius 3 is 2.80 bits per heavy atom. The Balaban J connectivity index is 2.76. The van der Waals surface area contributed by atoms with Gasteiger partial charge in [0.2, 0.25) is 0 Å². The molecule has 5 nitrogen and oxygen atoms in total. The SMILES string of the molecule is CCOC(=O)c1cn(C(F)C(F)F)nn1. The van der Waals surface area contributed by atoms with E-state index in [4.69, 9.17) is 0 Å². The Morgan fingerprint density at radius 1 is 1.60 bits per heavy atom. The minimum absolute atomic E-state index is 0.111. The quantitative estimate of drug-likeness (QED) is 0.719. The molecule has 1 atom stereocenters. The lowest BCUT2D eigenvalue weighted by Crippen LogP contribution is -2.13. The lowest BCUT2D eigenvalue weighted by atomic mass is 10.5. The molecule has 1 heterocycles. The molecule has 0 radical (unpaired) electrons. The van der Waals surface area contributed by atoms with Crippen molar-refractivity contribution in [2.45, 2.75) is 19.6 Å². The van der Waals surface area contributed by atoms with E-state index in [-0.39, 0.29) is 17.0 Å². The van der Waals surface area contributed by atoms with Crippen molar-refractivity contribution >= 4 is 5.97 Å². The third-order valence-electron chi connectivity index (χ3n) is 1.46. The van der Waals surface area contributed by atoms with E-state index in [1.807, 2.05) is 0 Å². The number of halogens is 3. The van der Waals surface area contributed by atoms with Gasteiger partial charge in [-0.3, -0.25) is 0 Å². The second kappa shape index (κ2) is 4.76. The fourth-order valence-corrected chi connectivity index (χ4v) is 0.811. The van der Waals surface area contributed by atoms with Gasteiger partial charge < -0.3 is 4.74 Å². The number of rotatable bonds is 4. The van der Waals surface area contributed by atoms with Gasteiger partial charge >= 0.3 is 5.97 Å². The molecule has 1 rings (SSSR count). The number of carbonyl (C=O) groups excluding carboxylic acids is 1. The molecule has 0 amide bonds. The van der Waals surface area contributed by atoms with Gasteiger partial charge in [0.1, 0.15) is 0 Å². The average Bonchev–Trinajstić information content (AvgIpc) is 2.65. The van der Waals surface area contributed by atoms with Crippen LogP contribution in [-0.4, -0.2) is 34.0 Å². The van der Waals surface area contributed by atoms with Crippen LogP contribution >= 0.6 is 0 Å². The highest BCUT2D eigenvalue weighted by molar-refractivity contribution is 5.86. The van der Waals surface area contributed by atoms with Gasteiger partial charge in [-0.15, -0.1) is 5.10 Å². The molecule has 0 bridgehead atoms. The summed E-state index contributed by atoms with van der Waals surface area (Å²) in [5.41, 5.74) is -0.305. The number of alkyl halides is 3. The first-order chi connectivity index (χ1) is 7.06. The predicted molar refractivity (Wildman–Crippen MR) is 42.1 cm³/mol. The second-order valence-corrected chi connectivity index (χ2v) is 2.51. The van der Waals surface area contributed by atoms with E-state index in [0.717, 1.165) is 6.20 Å². The molecule has 0 spiro atoms. The summed E-state index contributed by atoms with van der Waals surface area (Å²) in [6, 6.07) is 0. The van der Waals surface area contributed by atoms with Gasteiger partial charge in [-0.05, 0) is 6.92 Å². The number of hydrogen-bond donors (Lipinski definition) is 0. The minimum Gasteiger partial charge on any atom is -0.461 e. The minimum atomic E-state index is -3.22. The zero-order valence-corrected chi connectivity index (χ0v) is 7.73. The summed E-state index contributed by atoms with van der Waals surface area (Å²) in [6.45, 7) is 1.68. The van der Waals surface area contributed by atoms with Crippen molar-refractivity contribution in [3.63, 3.8) is 0 Å². The van der Waals surface area contributed by atoms with E-state index >= 15 is 0 Å². The number of esters is 1. The lowest BCUT2D eigenvalue weighted by molar-refractivity contribution is -0.000320. The molecule has 84 valence electrons. The highest BCUT2D eigenvalue weighted by Crippen LogP contribution is 2.16. The Kier molecular flexibility index (Phi) is 3.64. The number of ether oxygens (including phenoxy) is 1. The van der Waals surface area contributed by atoms with Crippen LogP contribution in [0.15, 0.2) is 6.20 Å². The van der Waals surface area contributed by atoms with Crippen molar-refractivity contribution in [1.29, 1.82) is 0 Å². The van der Waals surface area contributed by atoms with Crippen LogP contribution in [0.4, 0.5) is 13.2 Å². The highest BCUT2D eigenvalue weighted by Gasteiger charge is 2.24. The zero-order valence-electron chi connectivity index (χ0n) is 7.73. The third kappa shape index (κ3) is 2.67. The average molecular weight is 223 g/mol. The number of nitrogens with zero attached hydrogens (tertiary/aromatic N) is 3. The van der Waals surface area contributed by atoms with Gasteiger partial charge in [-0.1, -0.05) is 5.21 Å². The van der Waals surface area contributed by atoms with Crippen LogP contribution in [0.1, 0.15) is 23.7 Å². The normalized spacial score (nSPS) is 12.9. The maximum Gasteiger partial charge on any atom is 0.360 e. The molecule has 0 saturated heterocycles. The topological polar surface area (TPSA) is 57.0 Å². The summed E-state index contributed by atoms with van der Waals surface area (Å²) < 4.78 is 41.3. The molecule has 1 aromatic rings. The molecule has 8 heteroatoms. The predicted octanol–water partition coefficient (Wildman–Crippen LogP) is 1.19. The van der Waals surface area contributed by atoms with Gasteiger partial charge in [0, 0.05) is 0 Å². The van der Waals surface area contributed by atoms with Crippen LogP contribution in [0, 0.1) is 0 Å². The summed E-state index contributed by atoms with van der Waals surface area (Å²) in [7, 11) is 0. The summed E-state index contributed by atoms with van der Waals surface area (Å²) in [4.78, 5) is 11.0. The largest absolute Gasteiger partial charge is 0.461 e. The standard InChI is InChI=1S/C7H8F3N3O2/c1-2-15-7(14)4-3-13(12-11-4)6(10)5(8)9/h3,5-6H,2H2,1H3. The maximum atomic E-state index is 12.7. The van der Waals surface area contributed by atoms with E-state index in [0.29, 0.717) is 0 Å². The summed E-state index contributed by atoms with van der Waals surface area (Å²) >= 11 is 0. The van der Waals surface area contributed by atoms with Gasteiger partial charge in [0.15, 0.2) is 5.69 Å². The fourth-order valence-electron chi connectivity index (χ4n) is 0.811. The van der Waals surface area contributed by atoms with Crippen molar-refractivity contribution in [2.24, 2.45) is 0 Å². The molecule has 0 fully saturated rings. The van der Waals surface area contributed by atoms with Crippen LogP contribution in [0.2, 0.25) is 0 Å². The molecule has 15 heavy (non-hydrogen) atoms. The molecule has 1 unspecified atom stereocenters.